The second-order valence-corrected chi connectivity index (χ2v) is 11.1. The number of ether oxygens (including phenoxy) is 2. The SMILES string of the molecule is CC1(C)COC2(CCC3(CC2)NC(=O)C(c2cc(-c4ccc(Cl)cc4)ccc2Cl)C3=O)OC1. The van der Waals surface area contributed by atoms with Gasteiger partial charge in [-0.05, 0) is 53.8 Å². The van der Waals surface area contributed by atoms with Gasteiger partial charge in [-0.25, -0.2) is 0 Å². The number of hydrogen-bond donors (Lipinski definition) is 1. The number of hydrogen-bond acceptors (Lipinski definition) is 4. The van der Waals surface area contributed by atoms with Crippen LogP contribution in [0.4, 0.5) is 0 Å². The Bertz CT molecular complexity index is 1090. The molecule has 1 N–H and O–H groups in total. The van der Waals surface area contributed by atoms with Crippen molar-refractivity contribution in [3.63, 3.8) is 0 Å². The molecule has 2 aromatic carbocycles. The monoisotopic (exact) mass is 487 g/mol. The first kappa shape index (κ1) is 22.9. The van der Waals surface area contributed by atoms with Crippen molar-refractivity contribution in [2.75, 3.05) is 13.2 Å². The van der Waals surface area contributed by atoms with Gasteiger partial charge in [-0.15, -0.1) is 0 Å². The number of carbonyl (C=O) groups excluding carboxylic acids is 2. The maximum absolute atomic E-state index is 13.7. The second kappa shape index (κ2) is 8.09. The summed E-state index contributed by atoms with van der Waals surface area (Å²) in [5, 5.41) is 4.08. The van der Waals surface area contributed by atoms with Gasteiger partial charge in [-0.2, -0.15) is 0 Å². The molecule has 1 aliphatic carbocycles. The third kappa shape index (κ3) is 4.10. The highest BCUT2D eigenvalue weighted by Gasteiger charge is 2.58. The standard InChI is InChI=1S/C26H27Cl2NO4/c1-24(2)14-32-26(33-15-24)11-9-25(10-12-26)22(30)21(23(31)29-25)19-13-17(5-8-20(19)28)16-3-6-18(27)7-4-16/h3-8,13,21H,9-12,14-15H2,1-2H3,(H,29,31). The molecule has 3 aliphatic rings. The predicted molar refractivity (Wildman–Crippen MR) is 127 cm³/mol. The van der Waals surface area contributed by atoms with Crippen molar-refractivity contribution >= 4 is 34.9 Å². The summed E-state index contributed by atoms with van der Waals surface area (Å²) in [5.41, 5.74) is 1.44. The zero-order valence-electron chi connectivity index (χ0n) is 18.8. The number of halogens is 2. The van der Waals surface area contributed by atoms with Gasteiger partial charge in [-0.1, -0.05) is 55.2 Å². The molecule has 1 unspecified atom stereocenters. The second-order valence-electron chi connectivity index (χ2n) is 10.3. The zero-order valence-corrected chi connectivity index (χ0v) is 20.3. The fraction of sp³-hybridized carbons (Fsp3) is 0.462. The first-order valence-electron chi connectivity index (χ1n) is 11.3. The lowest BCUT2D eigenvalue weighted by atomic mass is 9.74. The van der Waals surface area contributed by atoms with E-state index < -0.39 is 17.2 Å². The van der Waals surface area contributed by atoms with Gasteiger partial charge in [0.05, 0.1) is 13.2 Å². The Morgan fingerprint density at radius 2 is 1.48 bits per heavy atom. The van der Waals surface area contributed by atoms with E-state index in [0.29, 0.717) is 54.5 Å². The molecule has 2 saturated heterocycles. The van der Waals surface area contributed by atoms with E-state index in [1.807, 2.05) is 36.4 Å². The Hall–Kier alpha value is -1.92. The van der Waals surface area contributed by atoms with Gasteiger partial charge in [0, 0.05) is 28.3 Å². The van der Waals surface area contributed by atoms with Crippen LogP contribution < -0.4 is 5.32 Å². The molecule has 174 valence electrons. The predicted octanol–water partition coefficient (Wildman–Crippen LogP) is 5.53. The molecule has 2 heterocycles. The van der Waals surface area contributed by atoms with Crippen molar-refractivity contribution in [2.45, 2.75) is 56.8 Å². The number of amides is 1. The molecule has 2 aromatic rings. The Morgan fingerprint density at radius 1 is 0.879 bits per heavy atom. The lowest BCUT2D eigenvalue weighted by Gasteiger charge is -2.48. The van der Waals surface area contributed by atoms with Crippen molar-refractivity contribution < 1.29 is 19.1 Å². The molecule has 1 amide bonds. The van der Waals surface area contributed by atoms with Gasteiger partial charge < -0.3 is 14.8 Å². The van der Waals surface area contributed by atoms with Crippen LogP contribution in [-0.4, -0.2) is 36.2 Å². The Labute approximate surface area is 203 Å². The Balaban J connectivity index is 1.38. The number of nitrogens with one attached hydrogen (secondary N) is 1. The zero-order chi connectivity index (χ0) is 23.4. The summed E-state index contributed by atoms with van der Waals surface area (Å²) in [5.74, 6) is -1.99. The summed E-state index contributed by atoms with van der Waals surface area (Å²) < 4.78 is 12.2. The van der Waals surface area contributed by atoms with E-state index in [2.05, 4.69) is 19.2 Å². The van der Waals surface area contributed by atoms with Crippen molar-refractivity contribution in [3.05, 3.63) is 58.1 Å². The molecule has 33 heavy (non-hydrogen) atoms. The van der Waals surface area contributed by atoms with Crippen LogP contribution in [0, 0.1) is 5.41 Å². The topological polar surface area (TPSA) is 64.6 Å². The molecule has 7 heteroatoms. The fourth-order valence-electron chi connectivity index (χ4n) is 5.09. The molecule has 3 fully saturated rings. The summed E-state index contributed by atoms with van der Waals surface area (Å²) in [7, 11) is 0. The number of benzene rings is 2. The van der Waals surface area contributed by atoms with Crippen molar-refractivity contribution in [1.82, 2.24) is 5.32 Å². The first-order valence-corrected chi connectivity index (χ1v) is 12.1. The normalized spacial score (nSPS) is 25.4. The van der Waals surface area contributed by atoms with Gasteiger partial charge >= 0.3 is 0 Å². The maximum atomic E-state index is 13.7. The minimum Gasteiger partial charge on any atom is -0.349 e. The molecule has 1 saturated carbocycles. The van der Waals surface area contributed by atoms with E-state index in [4.69, 9.17) is 32.7 Å². The van der Waals surface area contributed by atoms with Crippen molar-refractivity contribution in [1.29, 1.82) is 0 Å². The number of ketones is 1. The van der Waals surface area contributed by atoms with Gasteiger partial charge in [0.15, 0.2) is 11.6 Å². The molecule has 2 spiro atoms. The summed E-state index contributed by atoms with van der Waals surface area (Å²) in [6.07, 6.45) is 2.12. The molecule has 0 radical (unpaired) electrons. The van der Waals surface area contributed by atoms with E-state index in [-0.39, 0.29) is 17.1 Å². The van der Waals surface area contributed by atoms with Gasteiger partial charge in [0.2, 0.25) is 5.91 Å². The molecule has 5 nitrogen and oxygen atoms in total. The lowest BCUT2D eigenvalue weighted by molar-refractivity contribution is -0.312. The third-order valence-corrected chi connectivity index (χ3v) is 7.76. The summed E-state index contributed by atoms with van der Waals surface area (Å²) in [6, 6.07) is 12.9. The number of carbonyl (C=O) groups is 2. The van der Waals surface area contributed by atoms with Crippen molar-refractivity contribution in [3.8, 4) is 11.1 Å². The van der Waals surface area contributed by atoms with Crippen LogP contribution in [-0.2, 0) is 19.1 Å². The van der Waals surface area contributed by atoms with E-state index >= 15 is 0 Å². The van der Waals surface area contributed by atoms with Crippen LogP contribution in [0.2, 0.25) is 10.0 Å². The van der Waals surface area contributed by atoms with E-state index in [0.717, 1.165) is 11.1 Å². The lowest BCUT2D eigenvalue weighted by Crippen LogP contribution is -2.57. The van der Waals surface area contributed by atoms with Crippen LogP contribution in [0.25, 0.3) is 11.1 Å². The van der Waals surface area contributed by atoms with Crippen molar-refractivity contribution in [2.24, 2.45) is 5.41 Å². The van der Waals surface area contributed by atoms with E-state index in [1.165, 1.54) is 0 Å². The highest BCUT2D eigenvalue weighted by atomic mass is 35.5. The molecule has 5 rings (SSSR count). The molecule has 2 aliphatic heterocycles. The largest absolute Gasteiger partial charge is 0.349 e. The molecule has 0 aromatic heterocycles. The van der Waals surface area contributed by atoms with Crippen LogP contribution >= 0.6 is 23.2 Å². The molecular formula is C26H27Cl2NO4. The van der Waals surface area contributed by atoms with Crippen LogP contribution in [0.5, 0.6) is 0 Å². The maximum Gasteiger partial charge on any atom is 0.236 e. The molecule has 1 atom stereocenters. The van der Waals surface area contributed by atoms with Crippen LogP contribution in [0.1, 0.15) is 51.0 Å². The van der Waals surface area contributed by atoms with E-state index in [9.17, 15) is 9.59 Å². The minimum atomic E-state index is -0.925. The fourth-order valence-corrected chi connectivity index (χ4v) is 5.44. The number of Topliss-reactive ketones (excluding diaryl/α,β-unsaturated/α-hetero) is 1. The highest BCUT2D eigenvalue weighted by Crippen LogP contribution is 2.47. The minimum absolute atomic E-state index is 0.0191. The van der Waals surface area contributed by atoms with Gasteiger partial charge in [-0.3, -0.25) is 9.59 Å². The highest BCUT2D eigenvalue weighted by molar-refractivity contribution is 6.33. The quantitative estimate of drug-likeness (QED) is 0.565. The molecular weight excluding hydrogens is 461 g/mol. The van der Waals surface area contributed by atoms with Crippen LogP contribution in [0.15, 0.2) is 42.5 Å². The Morgan fingerprint density at radius 3 is 2.12 bits per heavy atom. The van der Waals surface area contributed by atoms with Gasteiger partial charge in [0.1, 0.15) is 11.5 Å². The average molecular weight is 488 g/mol. The smallest absolute Gasteiger partial charge is 0.236 e. The van der Waals surface area contributed by atoms with Gasteiger partial charge in [0.25, 0.3) is 0 Å². The summed E-state index contributed by atoms with van der Waals surface area (Å²) in [6.45, 7) is 5.46. The Kier molecular flexibility index (Phi) is 5.60. The first-order chi connectivity index (χ1) is 15.6. The summed E-state index contributed by atoms with van der Waals surface area (Å²) in [4.78, 5) is 26.8. The van der Waals surface area contributed by atoms with Crippen LogP contribution in [0.3, 0.4) is 0 Å². The average Bonchev–Trinajstić information content (AvgIpc) is 3.03. The molecule has 0 bridgehead atoms. The summed E-state index contributed by atoms with van der Waals surface area (Å²) >= 11 is 12.5. The van der Waals surface area contributed by atoms with E-state index in [1.54, 1.807) is 6.07 Å². The third-order valence-electron chi connectivity index (χ3n) is 7.16. The number of rotatable bonds is 2.